The lowest BCUT2D eigenvalue weighted by molar-refractivity contribution is -0.135. The molecule has 6 heteroatoms. The molecule has 1 aromatic carbocycles. The van der Waals surface area contributed by atoms with Gasteiger partial charge in [0.1, 0.15) is 0 Å². The molecule has 1 unspecified atom stereocenters. The number of H-pyrrole nitrogens is 1. The van der Waals surface area contributed by atoms with Gasteiger partial charge in [0.25, 0.3) is 0 Å². The third kappa shape index (κ3) is 3.41. The van der Waals surface area contributed by atoms with E-state index in [4.69, 9.17) is 0 Å². The molecule has 6 nitrogen and oxygen atoms in total. The molecule has 0 radical (unpaired) electrons. The van der Waals surface area contributed by atoms with Gasteiger partial charge in [-0.2, -0.15) is 0 Å². The molecular weight excluding hydrogens is 352 g/mol. The zero-order valence-electron chi connectivity index (χ0n) is 17.0. The highest BCUT2D eigenvalue weighted by Crippen LogP contribution is 2.38. The minimum absolute atomic E-state index is 0.0219. The molecule has 150 valence electrons. The third-order valence-corrected chi connectivity index (χ3v) is 6.45. The SMILES string of the molecule is CC(=O)NC1CN(C(=O)Cc2c(C)[nH]c3ccc(C)cc23)C2(CCNCC2)C1. The number of rotatable bonds is 3. The fraction of sp³-hybridized carbons (Fsp3) is 0.545. The van der Waals surface area contributed by atoms with Crippen molar-refractivity contribution in [2.24, 2.45) is 0 Å². The predicted octanol–water partition coefficient (Wildman–Crippen LogP) is 2.19. The molecule has 2 saturated heterocycles. The van der Waals surface area contributed by atoms with Crippen molar-refractivity contribution in [1.82, 2.24) is 20.5 Å². The van der Waals surface area contributed by atoms with Gasteiger partial charge in [0.2, 0.25) is 11.8 Å². The van der Waals surface area contributed by atoms with Gasteiger partial charge in [0, 0.05) is 41.6 Å². The number of aromatic nitrogens is 1. The Balaban J connectivity index is 1.61. The number of carbonyl (C=O) groups excluding carboxylic acids is 2. The maximum Gasteiger partial charge on any atom is 0.227 e. The predicted molar refractivity (Wildman–Crippen MR) is 110 cm³/mol. The number of benzene rings is 1. The normalized spacial score (nSPS) is 21.4. The van der Waals surface area contributed by atoms with E-state index in [1.165, 1.54) is 5.56 Å². The average Bonchev–Trinajstić information content (AvgIpc) is 3.13. The number of fused-ring (bicyclic) bond motifs is 1. The van der Waals surface area contributed by atoms with Gasteiger partial charge in [-0.15, -0.1) is 0 Å². The van der Waals surface area contributed by atoms with Crippen LogP contribution in [-0.2, 0) is 16.0 Å². The van der Waals surface area contributed by atoms with E-state index in [1.54, 1.807) is 6.92 Å². The second-order valence-electron chi connectivity index (χ2n) is 8.53. The van der Waals surface area contributed by atoms with Gasteiger partial charge in [-0.25, -0.2) is 0 Å². The number of nitrogens with one attached hydrogen (secondary N) is 3. The monoisotopic (exact) mass is 382 g/mol. The zero-order valence-corrected chi connectivity index (χ0v) is 17.0. The van der Waals surface area contributed by atoms with E-state index in [0.717, 1.165) is 54.5 Å². The summed E-state index contributed by atoms with van der Waals surface area (Å²) in [7, 11) is 0. The number of amides is 2. The molecule has 2 aliphatic heterocycles. The Hall–Kier alpha value is -2.34. The molecule has 4 rings (SSSR count). The maximum absolute atomic E-state index is 13.5. The largest absolute Gasteiger partial charge is 0.358 e. The standard InChI is InChI=1S/C22H30N4O2/c1-14-4-5-20-19(10-14)18(15(2)24-20)11-21(28)26-13-17(25-16(3)27)12-22(26)6-8-23-9-7-22/h4-5,10,17,23-24H,6-9,11-13H2,1-3H3,(H,25,27). The fourth-order valence-electron chi connectivity index (χ4n) is 5.13. The minimum atomic E-state index is -0.134. The second kappa shape index (κ2) is 7.24. The summed E-state index contributed by atoms with van der Waals surface area (Å²) >= 11 is 0. The molecule has 1 aromatic heterocycles. The first-order valence-electron chi connectivity index (χ1n) is 10.2. The van der Waals surface area contributed by atoms with E-state index in [-0.39, 0.29) is 23.4 Å². The fourth-order valence-corrected chi connectivity index (χ4v) is 5.13. The summed E-state index contributed by atoms with van der Waals surface area (Å²) in [5.41, 5.74) is 4.30. The summed E-state index contributed by atoms with van der Waals surface area (Å²) in [5, 5.41) is 7.59. The molecule has 0 saturated carbocycles. The Bertz CT molecular complexity index is 911. The molecule has 1 spiro atoms. The zero-order chi connectivity index (χ0) is 19.9. The van der Waals surface area contributed by atoms with Crippen molar-refractivity contribution in [2.45, 2.75) is 58.0 Å². The van der Waals surface area contributed by atoms with Crippen molar-refractivity contribution < 1.29 is 9.59 Å². The number of piperidine rings is 1. The summed E-state index contributed by atoms with van der Waals surface area (Å²) in [4.78, 5) is 30.6. The summed E-state index contributed by atoms with van der Waals surface area (Å²) in [5.74, 6) is 0.145. The van der Waals surface area contributed by atoms with Gasteiger partial charge in [-0.3, -0.25) is 9.59 Å². The highest BCUT2D eigenvalue weighted by atomic mass is 16.2. The number of aryl methyl sites for hydroxylation is 2. The van der Waals surface area contributed by atoms with Crippen LogP contribution in [0.3, 0.4) is 0 Å². The van der Waals surface area contributed by atoms with E-state index in [9.17, 15) is 9.59 Å². The Morgan fingerprint density at radius 3 is 2.71 bits per heavy atom. The number of hydrogen-bond acceptors (Lipinski definition) is 3. The molecule has 2 fully saturated rings. The van der Waals surface area contributed by atoms with Crippen molar-refractivity contribution in [3.63, 3.8) is 0 Å². The molecule has 3 heterocycles. The van der Waals surface area contributed by atoms with Gasteiger partial charge in [-0.05, 0) is 63.9 Å². The van der Waals surface area contributed by atoms with Crippen molar-refractivity contribution in [1.29, 1.82) is 0 Å². The average molecular weight is 383 g/mol. The Labute approximate surface area is 166 Å². The summed E-state index contributed by atoms with van der Waals surface area (Å²) in [6.07, 6.45) is 3.14. The van der Waals surface area contributed by atoms with Gasteiger partial charge in [0.15, 0.2) is 0 Å². The van der Waals surface area contributed by atoms with Crippen molar-refractivity contribution in [3.8, 4) is 0 Å². The lowest BCUT2D eigenvalue weighted by Gasteiger charge is -2.41. The number of nitrogens with zero attached hydrogens (tertiary/aromatic N) is 1. The molecule has 3 N–H and O–H groups in total. The summed E-state index contributed by atoms with van der Waals surface area (Å²) < 4.78 is 0. The molecule has 28 heavy (non-hydrogen) atoms. The van der Waals surface area contributed by atoms with Crippen molar-refractivity contribution in [2.75, 3.05) is 19.6 Å². The molecule has 0 bridgehead atoms. The van der Waals surface area contributed by atoms with E-state index in [2.05, 4.69) is 45.6 Å². The smallest absolute Gasteiger partial charge is 0.227 e. The van der Waals surface area contributed by atoms with Crippen LogP contribution in [0, 0.1) is 13.8 Å². The van der Waals surface area contributed by atoms with Gasteiger partial charge < -0.3 is 20.5 Å². The van der Waals surface area contributed by atoms with Gasteiger partial charge >= 0.3 is 0 Å². The Kier molecular flexibility index (Phi) is 4.91. The third-order valence-electron chi connectivity index (χ3n) is 6.45. The number of likely N-dealkylation sites (tertiary alicyclic amines) is 1. The first-order valence-corrected chi connectivity index (χ1v) is 10.2. The molecule has 1 atom stereocenters. The number of aromatic amines is 1. The minimum Gasteiger partial charge on any atom is -0.358 e. The number of hydrogen-bond donors (Lipinski definition) is 3. The Morgan fingerprint density at radius 2 is 2.00 bits per heavy atom. The molecule has 0 aliphatic carbocycles. The highest BCUT2D eigenvalue weighted by molar-refractivity contribution is 5.91. The molecule has 2 aliphatic rings. The van der Waals surface area contributed by atoms with Crippen LogP contribution in [0.5, 0.6) is 0 Å². The molecular formula is C22H30N4O2. The lowest BCUT2D eigenvalue weighted by Crippen LogP contribution is -2.53. The van der Waals surface area contributed by atoms with Crippen LogP contribution in [0.2, 0.25) is 0 Å². The first kappa shape index (κ1) is 19.0. The second-order valence-corrected chi connectivity index (χ2v) is 8.53. The van der Waals surface area contributed by atoms with Gasteiger partial charge in [0.05, 0.1) is 6.42 Å². The van der Waals surface area contributed by atoms with Gasteiger partial charge in [-0.1, -0.05) is 11.6 Å². The van der Waals surface area contributed by atoms with Crippen molar-refractivity contribution >= 4 is 22.7 Å². The molecule has 2 aromatic rings. The van der Waals surface area contributed by atoms with Crippen molar-refractivity contribution in [3.05, 3.63) is 35.0 Å². The van der Waals surface area contributed by atoms with E-state index in [1.807, 2.05) is 6.92 Å². The van der Waals surface area contributed by atoms with Crippen LogP contribution >= 0.6 is 0 Å². The lowest BCUT2D eigenvalue weighted by atomic mass is 9.84. The van der Waals surface area contributed by atoms with Crippen LogP contribution in [0.15, 0.2) is 18.2 Å². The Morgan fingerprint density at radius 1 is 1.25 bits per heavy atom. The van der Waals surface area contributed by atoms with Crippen LogP contribution < -0.4 is 10.6 Å². The molecule has 2 amide bonds. The van der Waals surface area contributed by atoms with Crippen LogP contribution in [0.1, 0.15) is 43.0 Å². The first-order chi connectivity index (χ1) is 13.4. The van der Waals surface area contributed by atoms with E-state index >= 15 is 0 Å². The summed E-state index contributed by atoms with van der Waals surface area (Å²) in [6, 6.07) is 6.38. The van der Waals surface area contributed by atoms with Crippen LogP contribution in [0.4, 0.5) is 0 Å². The quantitative estimate of drug-likeness (QED) is 0.762. The van der Waals surface area contributed by atoms with E-state index < -0.39 is 0 Å². The topological polar surface area (TPSA) is 77.2 Å². The maximum atomic E-state index is 13.5. The van der Waals surface area contributed by atoms with E-state index in [0.29, 0.717) is 13.0 Å². The summed E-state index contributed by atoms with van der Waals surface area (Å²) in [6.45, 7) is 8.12. The number of carbonyl (C=O) groups is 2. The van der Waals surface area contributed by atoms with Crippen LogP contribution in [-0.4, -0.2) is 52.9 Å². The highest BCUT2D eigenvalue weighted by Gasteiger charge is 2.48. The van der Waals surface area contributed by atoms with Crippen LogP contribution in [0.25, 0.3) is 10.9 Å².